The highest BCUT2D eigenvalue weighted by atomic mass is 19.1. The maximum Gasteiger partial charge on any atom is 0.129 e. The summed E-state index contributed by atoms with van der Waals surface area (Å²) in [7, 11) is 0. The molecule has 1 nitrogen and oxygen atoms in total. The Kier molecular flexibility index (Phi) is 4.11. The SMILES string of the molecule is CCNC1CCC(Cc2ccc(F)cc2F)C1. The second kappa shape index (κ2) is 5.58. The van der Waals surface area contributed by atoms with Gasteiger partial charge in [-0.25, -0.2) is 8.78 Å². The molecular formula is C14H19F2N. The first-order valence-electron chi connectivity index (χ1n) is 6.36. The zero-order valence-electron chi connectivity index (χ0n) is 10.2. The van der Waals surface area contributed by atoms with Crippen LogP contribution in [0.2, 0.25) is 0 Å². The summed E-state index contributed by atoms with van der Waals surface area (Å²) in [6.07, 6.45) is 4.13. The lowest BCUT2D eigenvalue weighted by Gasteiger charge is -2.12. The number of rotatable bonds is 4. The van der Waals surface area contributed by atoms with E-state index in [0.29, 0.717) is 17.5 Å². The van der Waals surface area contributed by atoms with Gasteiger partial charge in [-0.3, -0.25) is 0 Å². The quantitative estimate of drug-likeness (QED) is 0.850. The normalized spacial score (nSPS) is 24.2. The van der Waals surface area contributed by atoms with Gasteiger partial charge in [-0.1, -0.05) is 13.0 Å². The molecule has 3 heteroatoms. The second-order valence-electron chi connectivity index (χ2n) is 4.87. The van der Waals surface area contributed by atoms with E-state index in [9.17, 15) is 8.78 Å². The molecule has 94 valence electrons. The van der Waals surface area contributed by atoms with Crippen LogP contribution in [-0.2, 0) is 6.42 Å². The molecule has 1 aliphatic carbocycles. The van der Waals surface area contributed by atoms with Gasteiger partial charge in [0, 0.05) is 12.1 Å². The molecule has 1 aromatic carbocycles. The lowest BCUT2D eigenvalue weighted by Crippen LogP contribution is -2.25. The van der Waals surface area contributed by atoms with E-state index in [2.05, 4.69) is 12.2 Å². The van der Waals surface area contributed by atoms with Crippen LogP contribution >= 0.6 is 0 Å². The minimum absolute atomic E-state index is 0.406. The predicted molar refractivity (Wildman–Crippen MR) is 64.9 cm³/mol. The van der Waals surface area contributed by atoms with E-state index in [1.54, 1.807) is 6.07 Å². The molecule has 0 bridgehead atoms. The van der Waals surface area contributed by atoms with Crippen LogP contribution in [0.5, 0.6) is 0 Å². The zero-order chi connectivity index (χ0) is 12.3. The molecule has 0 heterocycles. The summed E-state index contributed by atoms with van der Waals surface area (Å²) in [6, 6.07) is 4.47. The van der Waals surface area contributed by atoms with Crippen LogP contribution in [0.4, 0.5) is 8.78 Å². The van der Waals surface area contributed by atoms with E-state index in [4.69, 9.17) is 0 Å². The predicted octanol–water partition coefficient (Wildman–Crippen LogP) is 3.29. The van der Waals surface area contributed by atoms with E-state index < -0.39 is 11.6 Å². The first-order chi connectivity index (χ1) is 8.19. The topological polar surface area (TPSA) is 12.0 Å². The summed E-state index contributed by atoms with van der Waals surface area (Å²) in [4.78, 5) is 0. The average molecular weight is 239 g/mol. The van der Waals surface area contributed by atoms with Crippen LogP contribution in [0.3, 0.4) is 0 Å². The van der Waals surface area contributed by atoms with E-state index in [0.717, 1.165) is 31.9 Å². The Morgan fingerprint density at radius 2 is 2.12 bits per heavy atom. The molecule has 0 spiro atoms. The molecule has 2 atom stereocenters. The Balaban J connectivity index is 1.93. The highest BCUT2D eigenvalue weighted by molar-refractivity contribution is 5.19. The monoisotopic (exact) mass is 239 g/mol. The van der Waals surface area contributed by atoms with E-state index in [-0.39, 0.29) is 0 Å². The van der Waals surface area contributed by atoms with Crippen molar-refractivity contribution in [1.29, 1.82) is 0 Å². The Hall–Kier alpha value is -0.960. The van der Waals surface area contributed by atoms with Crippen LogP contribution in [0.15, 0.2) is 18.2 Å². The molecule has 1 aromatic rings. The highest BCUT2D eigenvalue weighted by Crippen LogP contribution is 2.29. The molecule has 0 aliphatic heterocycles. The summed E-state index contributed by atoms with van der Waals surface area (Å²) in [5.41, 5.74) is 0.647. The van der Waals surface area contributed by atoms with Gasteiger partial charge in [0.15, 0.2) is 0 Å². The van der Waals surface area contributed by atoms with Crippen molar-refractivity contribution in [2.45, 2.75) is 38.6 Å². The number of benzene rings is 1. The summed E-state index contributed by atoms with van der Waals surface area (Å²) in [6.45, 7) is 3.09. The lowest BCUT2D eigenvalue weighted by atomic mass is 9.97. The molecule has 2 unspecified atom stereocenters. The van der Waals surface area contributed by atoms with Gasteiger partial charge in [0.05, 0.1) is 0 Å². The molecule has 1 N–H and O–H groups in total. The molecule has 2 rings (SSSR count). The molecular weight excluding hydrogens is 220 g/mol. The average Bonchev–Trinajstić information content (AvgIpc) is 2.71. The maximum atomic E-state index is 13.5. The fourth-order valence-electron chi connectivity index (χ4n) is 2.73. The van der Waals surface area contributed by atoms with Crippen molar-refractivity contribution in [3.63, 3.8) is 0 Å². The van der Waals surface area contributed by atoms with E-state index in [1.807, 2.05) is 0 Å². The summed E-state index contributed by atoms with van der Waals surface area (Å²) >= 11 is 0. The Labute approximate surface area is 101 Å². The fraction of sp³-hybridized carbons (Fsp3) is 0.571. The van der Waals surface area contributed by atoms with Crippen LogP contribution in [-0.4, -0.2) is 12.6 Å². The third-order valence-electron chi connectivity index (χ3n) is 3.56. The Bertz CT molecular complexity index is 378. The minimum Gasteiger partial charge on any atom is -0.314 e. The molecule has 0 radical (unpaired) electrons. The molecule has 1 aliphatic rings. The zero-order valence-corrected chi connectivity index (χ0v) is 10.2. The number of hydrogen-bond acceptors (Lipinski definition) is 1. The third-order valence-corrected chi connectivity index (χ3v) is 3.56. The van der Waals surface area contributed by atoms with Gasteiger partial charge in [-0.15, -0.1) is 0 Å². The van der Waals surface area contributed by atoms with Crippen LogP contribution in [0.25, 0.3) is 0 Å². The van der Waals surface area contributed by atoms with Gasteiger partial charge in [0.25, 0.3) is 0 Å². The molecule has 1 saturated carbocycles. The van der Waals surface area contributed by atoms with Gasteiger partial charge in [0.1, 0.15) is 11.6 Å². The molecule has 1 fully saturated rings. The van der Waals surface area contributed by atoms with E-state index >= 15 is 0 Å². The maximum absolute atomic E-state index is 13.5. The van der Waals surface area contributed by atoms with Crippen molar-refractivity contribution in [3.8, 4) is 0 Å². The van der Waals surface area contributed by atoms with Gasteiger partial charge < -0.3 is 5.32 Å². The van der Waals surface area contributed by atoms with Gasteiger partial charge in [-0.05, 0) is 49.8 Å². The van der Waals surface area contributed by atoms with Crippen molar-refractivity contribution in [2.24, 2.45) is 5.92 Å². The summed E-state index contributed by atoms with van der Waals surface area (Å²) in [5.74, 6) is -0.376. The minimum atomic E-state index is -0.497. The van der Waals surface area contributed by atoms with Crippen molar-refractivity contribution >= 4 is 0 Å². The van der Waals surface area contributed by atoms with Gasteiger partial charge >= 0.3 is 0 Å². The van der Waals surface area contributed by atoms with Crippen molar-refractivity contribution in [2.75, 3.05) is 6.54 Å². The van der Waals surface area contributed by atoms with E-state index in [1.165, 1.54) is 12.5 Å². The lowest BCUT2D eigenvalue weighted by molar-refractivity contribution is 0.482. The van der Waals surface area contributed by atoms with Crippen LogP contribution in [0.1, 0.15) is 31.7 Å². The van der Waals surface area contributed by atoms with Gasteiger partial charge in [-0.2, -0.15) is 0 Å². The number of hydrogen-bond donors (Lipinski definition) is 1. The number of halogens is 2. The van der Waals surface area contributed by atoms with Crippen molar-refractivity contribution in [3.05, 3.63) is 35.4 Å². The van der Waals surface area contributed by atoms with Gasteiger partial charge in [0.2, 0.25) is 0 Å². The largest absolute Gasteiger partial charge is 0.314 e. The highest BCUT2D eigenvalue weighted by Gasteiger charge is 2.24. The first kappa shape index (κ1) is 12.5. The molecule has 0 aromatic heterocycles. The standard InChI is InChI=1S/C14H19F2N/c1-2-17-13-6-3-10(8-13)7-11-4-5-12(15)9-14(11)16/h4-5,9-10,13,17H,2-3,6-8H2,1H3. The Morgan fingerprint density at radius 1 is 1.29 bits per heavy atom. The molecule has 0 amide bonds. The molecule has 0 saturated heterocycles. The van der Waals surface area contributed by atoms with Crippen LogP contribution in [0, 0.1) is 17.6 Å². The van der Waals surface area contributed by atoms with Crippen molar-refractivity contribution < 1.29 is 8.78 Å². The third kappa shape index (κ3) is 3.25. The molecule has 17 heavy (non-hydrogen) atoms. The Morgan fingerprint density at radius 3 is 2.82 bits per heavy atom. The number of nitrogens with one attached hydrogen (secondary N) is 1. The summed E-state index contributed by atoms with van der Waals surface area (Å²) in [5, 5.41) is 3.43. The van der Waals surface area contributed by atoms with Crippen LogP contribution < -0.4 is 5.32 Å². The fourth-order valence-corrected chi connectivity index (χ4v) is 2.73. The smallest absolute Gasteiger partial charge is 0.129 e. The second-order valence-corrected chi connectivity index (χ2v) is 4.87. The summed E-state index contributed by atoms with van der Waals surface area (Å²) < 4.78 is 26.3. The first-order valence-corrected chi connectivity index (χ1v) is 6.36. The van der Waals surface area contributed by atoms with Crippen molar-refractivity contribution in [1.82, 2.24) is 5.32 Å².